The van der Waals surface area contributed by atoms with Crippen LogP contribution < -0.4 is 0 Å². The Balaban J connectivity index is 0.000000168. The van der Waals surface area contributed by atoms with Crippen molar-refractivity contribution in [1.29, 1.82) is 0 Å². The van der Waals surface area contributed by atoms with Crippen LogP contribution in [0.3, 0.4) is 0 Å². The molecule has 42 heavy (non-hydrogen) atoms. The topological polar surface area (TPSA) is 88.2 Å². The first-order valence-electron chi connectivity index (χ1n) is 16.1. The fourth-order valence-electron chi connectivity index (χ4n) is 8.73. The van der Waals surface area contributed by atoms with Gasteiger partial charge in [0.25, 0.3) is 0 Å². The molecule has 8 rings (SSSR count). The highest BCUT2D eigenvalue weighted by Crippen LogP contribution is 2.59. The first kappa shape index (κ1) is 30.8. The van der Waals surface area contributed by atoms with E-state index in [1.54, 1.807) is 0 Å². The molecule has 0 spiro atoms. The SMILES string of the molecule is COC(=O)C12CCC(c3cc(C(C)C)n(C)n3)(CC1)CC2.COC(=O)C12CCC(c3cc(C(C)C)nn3C)(CC1)CC2. The quantitative estimate of drug-likeness (QED) is 0.357. The lowest BCUT2D eigenvalue weighted by Gasteiger charge is -2.51. The smallest absolute Gasteiger partial charge is 0.311 e. The molecule has 6 fully saturated rings. The average molecular weight is 581 g/mol. The van der Waals surface area contributed by atoms with Crippen molar-refractivity contribution in [2.45, 2.75) is 127 Å². The second-order valence-electron chi connectivity index (χ2n) is 14.6. The highest BCUT2D eigenvalue weighted by Gasteiger charge is 2.55. The van der Waals surface area contributed by atoms with Gasteiger partial charge in [0.15, 0.2) is 0 Å². The highest BCUT2D eigenvalue weighted by molar-refractivity contribution is 5.78. The summed E-state index contributed by atoms with van der Waals surface area (Å²) in [5.74, 6) is 0.958. The number of fused-ring (bicyclic) bond motifs is 6. The molecule has 8 heteroatoms. The molecule has 0 aliphatic heterocycles. The minimum Gasteiger partial charge on any atom is -0.469 e. The zero-order valence-corrected chi connectivity index (χ0v) is 27.2. The van der Waals surface area contributed by atoms with E-state index in [1.165, 1.54) is 37.0 Å². The van der Waals surface area contributed by atoms with Crippen LogP contribution in [0.4, 0.5) is 0 Å². The van der Waals surface area contributed by atoms with Crippen LogP contribution in [0.25, 0.3) is 0 Å². The Labute approximate surface area is 251 Å². The van der Waals surface area contributed by atoms with Crippen molar-refractivity contribution in [2.24, 2.45) is 24.9 Å². The Morgan fingerprint density at radius 2 is 1.12 bits per heavy atom. The van der Waals surface area contributed by atoms with Gasteiger partial charge in [-0.1, -0.05) is 27.7 Å². The number of rotatable bonds is 6. The lowest BCUT2D eigenvalue weighted by atomic mass is 9.52. The summed E-state index contributed by atoms with van der Waals surface area (Å²) in [6.45, 7) is 8.80. The summed E-state index contributed by atoms with van der Waals surface area (Å²) < 4.78 is 14.2. The standard InChI is InChI=1S/2C17H26N2O2/c1-12(2)13-11-14(18-19(13)3)16-5-8-17(9-6-16,10-7-16)15(20)21-4;1-12(2)13-11-14(19(3)18-13)16-5-8-17(9-6-16,10-7-16)15(20)21-4/h2*11-12H,5-10H2,1-4H3. The number of ether oxygens (including phenoxy) is 2. The van der Waals surface area contributed by atoms with Gasteiger partial charge in [0.05, 0.1) is 36.4 Å². The van der Waals surface area contributed by atoms with Crippen LogP contribution in [-0.4, -0.2) is 45.7 Å². The molecule has 0 saturated heterocycles. The third-order valence-corrected chi connectivity index (χ3v) is 11.8. The molecule has 0 N–H and O–H groups in total. The summed E-state index contributed by atoms with van der Waals surface area (Å²) in [7, 11) is 7.14. The summed E-state index contributed by atoms with van der Waals surface area (Å²) in [6, 6.07) is 4.59. The van der Waals surface area contributed by atoms with Crippen LogP contribution >= 0.6 is 0 Å². The van der Waals surface area contributed by atoms with Crippen LogP contribution in [0.15, 0.2) is 12.1 Å². The summed E-state index contributed by atoms with van der Waals surface area (Å²) >= 11 is 0. The van der Waals surface area contributed by atoms with E-state index in [0.29, 0.717) is 11.8 Å². The maximum Gasteiger partial charge on any atom is 0.311 e. The molecule has 0 atom stereocenters. The summed E-state index contributed by atoms with van der Waals surface area (Å²) in [6.07, 6.45) is 12.2. The van der Waals surface area contributed by atoms with E-state index < -0.39 is 0 Å². The van der Waals surface area contributed by atoms with Gasteiger partial charge in [-0.15, -0.1) is 0 Å². The molecular weight excluding hydrogens is 528 g/mol. The Bertz CT molecular complexity index is 1270. The van der Waals surface area contributed by atoms with Crippen molar-refractivity contribution < 1.29 is 19.1 Å². The van der Waals surface area contributed by atoms with Gasteiger partial charge in [-0.3, -0.25) is 19.0 Å². The summed E-state index contributed by atoms with van der Waals surface area (Å²) in [4.78, 5) is 24.2. The van der Waals surface area contributed by atoms with Gasteiger partial charge in [0.2, 0.25) is 0 Å². The van der Waals surface area contributed by atoms with Crippen LogP contribution in [0.5, 0.6) is 0 Å². The van der Waals surface area contributed by atoms with Crippen molar-refractivity contribution in [3.63, 3.8) is 0 Å². The van der Waals surface area contributed by atoms with Crippen molar-refractivity contribution in [3.8, 4) is 0 Å². The Morgan fingerprint density at radius 3 is 1.48 bits per heavy atom. The molecule has 2 aromatic rings. The van der Waals surface area contributed by atoms with Gasteiger partial charge < -0.3 is 9.47 Å². The van der Waals surface area contributed by atoms with Crippen LogP contribution in [0, 0.1) is 10.8 Å². The average Bonchev–Trinajstić information content (AvgIpc) is 3.62. The number of carbonyl (C=O) groups is 2. The van der Waals surface area contributed by atoms with E-state index in [0.717, 1.165) is 77.0 Å². The third-order valence-electron chi connectivity index (χ3n) is 11.8. The number of hydrogen-bond donors (Lipinski definition) is 0. The lowest BCUT2D eigenvalue weighted by Crippen LogP contribution is -2.49. The fourth-order valence-corrected chi connectivity index (χ4v) is 8.73. The van der Waals surface area contributed by atoms with Crippen molar-refractivity contribution in [2.75, 3.05) is 14.2 Å². The van der Waals surface area contributed by atoms with E-state index in [2.05, 4.69) is 56.7 Å². The van der Waals surface area contributed by atoms with Gasteiger partial charge >= 0.3 is 11.9 Å². The molecule has 0 unspecified atom stereocenters. The normalized spacial score (nSPS) is 31.7. The molecule has 0 aromatic carbocycles. The van der Waals surface area contributed by atoms with Crippen molar-refractivity contribution in [3.05, 3.63) is 34.9 Å². The van der Waals surface area contributed by atoms with Gasteiger partial charge in [0, 0.05) is 36.3 Å². The second kappa shape index (κ2) is 11.1. The number of esters is 2. The maximum absolute atomic E-state index is 12.1. The van der Waals surface area contributed by atoms with Crippen LogP contribution in [0.2, 0.25) is 0 Å². The number of aromatic nitrogens is 4. The van der Waals surface area contributed by atoms with Crippen LogP contribution in [-0.2, 0) is 44.0 Å². The third kappa shape index (κ3) is 5.00. The van der Waals surface area contributed by atoms with E-state index in [4.69, 9.17) is 14.6 Å². The Kier molecular flexibility index (Phi) is 8.16. The fraction of sp³-hybridized carbons (Fsp3) is 0.765. The highest BCUT2D eigenvalue weighted by atomic mass is 16.5. The molecule has 6 aliphatic rings. The van der Waals surface area contributed by atoms with Gasteiger partial charge in [0.1, 0.15) is 0 Å². The van der Waals surface area contributed by atoms with Gasteiger partial charge in [-0.2, -0.15) is 10.2 Å². The Hall–Kier alpha value is -2.64. The van der Waals surface area contributed by atoms with E-state index in [1.807, 2.05) is 11.7 Å². The molecule has 6 aliphatic carbocycles. The minimum absolute atomic E-state index is 0.000287. The number of aryl methyl sites for hydroxylation is 2. The van der Waals surface area contributed by atoms with E-state index in [9.17, 15) is 9.59 Å². The van der Waals surface area contributed by atoms with Crippen molar-refractivity contribution in [1.82, 2.24) is 19.6 Å². The first-order chi connectivity index (χ1) is 19.8. The molecular formula is C34H52N4O4. The predicted molar refractivity (Wildman–Crippen MR) is 162 cm³/mol. The molecule has 232 valence electrons. The number of methoxy groups -OCH3 is 2. The number of carbonyl (C=O) groups excluding carboxylic acids is 2. The maximum atomic E-state index is 12.1. The summed E-state index contributed by atoms with van der Waals surface area (Å²) in [5, 5.41) is 9.50. The molecule has 2 heterocycles. The lowest BCUT2D eigenvalue weighted by molar-refractivity contribution is -0.161. The molecule has 0 amide bonds. The molecule has 8 nitrogen and oxygen atoms in total. The van der Waals surface area contributed by atoms with Crippen molar-refractivity contribution >= 4 is 11.9 Å². The number of nitrogens with zero attached hydrogens (tertiary/aromatic N) is 4. The second-order valence-corrected chi connectivity index (χ2v) is 14.6. The predicted octanol–water partition coefficient (Wildman–Crippen LogP) is 6.62. The minimum atomic E-state index is -0.202. The molecule has 2 aromatic heterocycles. The monoisotopic (exact) mass is 580 g/mol. The Morgan fingerprint density at radius 1 is 0.667 bits per heavy atom. The largest absolute Gasteiger partial charge is 0.469 e. The van der Waals surface area contributed by atoms with E-state index in [-0.39, 0.29) is 33.6 Å². The molecule has 0 radical (unpaired) electrons. The van der Waals surface area contributed by atoms with Gasteiger partial charge in [-0.05, 0) is 101 Å². The number of hydrogen-bond acceptors (Lipinski definition) is 6. The summed E-state index contributed by atoms with van der Waals surface area (Å²) in [5.41, 5.74) is 5.11. The van der Waals surface area contributed by atoms with Crippen LogP contribution in [0.1, 0.15) is 139 Å². The zero-order chi connectivity index (χ0) is 30.5. The first-order valence-corrected chi connectivity index (χ1v) is 16.1. The van der Waals surface area contributed by atoms with E-state index >= 15 is 0 Å². The molecule has 4 bridgehead atoms. The van der Waals surface area contributed by atoms with Gasteiger partial charge in [-0.25, -0.2) is 0 Å². The zero-order valence-electron chi connectivity index (χ0n) is 27.2. The molecule has 6 saturated carbocycles.